The fourth-order valence-corrected chi connectivity index (χ4v) is 1.54. The Bertz CT molecular complexity index is 579. The maximum atomic E-state index is 14.0. The van der Waals surface area contributed by atoms with E-state index in [-0.39, 0.29) is 23.6 Å². The summed E-state index contributed by atoms with van der Waals surface area (Å²) in [5, 5.41) is 12.1. The highest BCUT2D eigenvalue weighted by molar-refractivity contribution is 5.86. The number of carboxylic acids is 1. The zero-order valence-electron chi connectivity index (χ0n) is 9.51. The predicted molar refractivity (Wildman–Crippen MR) is 59.6 cm³/mol. The van der Waals surface area contributed by atoms with Crippen molar-refractivity contribution in [3.8, 4) is 11.3 Å². The molecule has 1 aromatic carbocycles. The number of halogens is 1. The van der Waals surface area contributed by atoms with Crippen LogP contribution >= 0.6 is 0 Å². The van der Waals surface area contributed by atoms with Crippen LogP contribution in [0.3, 0.4) is 0 Å². The molecule has 0 saturated carbocycles. The van der Waals surface area contributed by atoms with E-state index in [2.05, 4.69) is 5.16 Å². The highest BCUT2D eigenvalue weighted by Gasteiger charge is 2.16. The van der Waals surface area contributed by atoms with Gasteiger partial charge in [-0.05, 0) is 6.07 Å². The van der Waals surface area contributed by atoms with E-state index in [1.807, 2.05) is 0 Å². The molecule has 94 valence electrons. The van der Waals surface area contributed by atoms with Gasteiger partial charge in [0.2, 0.25) is 0 Å². The van der Waals surface area contributed by atoms with Crippen LogP contribution in [0.15, 0.2) is 28.8 Å². The lowest BCUT2D eigenvalue weighted by Crippen LogP contribution is -1.95. The molecule has 5 nitrogen and oxygen atoms in total. The van der Waals surface area contributed by atoms with Crippen molar-refractivity contribution in [3.05, 3.63) is 41.3 Å². The smallest absolute Gasteiger partial charge is 0.358 e. The first kappa shape index (κ1) is 12.3. The van der Waals surface area contributed by atoms with E-state index in [0.717, 1.165) is 0 Å². The summed E-state index contributed by atoms with van der Waals surface area (Å²) < 4.78 is 23.7. The van der Waals surface area contributed by atoms with E-state index in [4.69, 9.17) is 14.4 Å². The second-order valence-electron chi connectivity index (χ2n) is 3.59. The number of methoxy groups -OCH3 is 1. The van der Waals surface area contributed by atoms with Crippen LogP contribution in [0.1, 0.15) is 16.1 Å². The molecule has 0 aliphatic heterocycles. The summed E-state index contributed by atoms with van der Waals surface area (Å²) in [6.45, 7) is 0.125. The third-order valence-corrected chi connectivity index (χ3v) is 2.37. The molecule has 0 bridgehead atoms. The van der Waals surface area contributed by atoms with Crippen LogP contribution in [0, 0.1) is 5.82 Å². The van der Waals surface area contributed by atoms with Crippen LogP contribution in [-0.2, 0) is 11.3 Å². The normalized spacial score (nSPS) is 10.6. The van der Waals surface area contributed by atoms with Gasteiger partial charge in [-0.2, -0.15) is 0 Å². The Kier molecular flexibility index (Phi) is 3.38. The number of aromatic nitrogens is 1. The van der Waals surface area contributed by atoms with Gasteiger partial charge in [-0.15, -0.1) is 0 Å². The summed E-state index contributed by atoms with van der Waals surface area (Å²) in [6, 6.07) is 5.88. The SMILES string of the molecule is COCc1cccc(-c2cc(C(=O)O)no2)c1F. The minimum absolute atomic E-state index is 0.0721. The van der Waals surface area contributed by atoms with Gasteiger partial charge in [0, 0.05) is 18.7 Å². The number of rotatable bonds is 4. The van der Waals surface area contributed by atoms with Crippen LogP contribution in [0.5, 0.6) is 0 Å². The van der Waals surface area contributed by atoms with Crippen molar-refractivity contribution < 1.29 is 23.6 Å². The summed E-state index contributed by atoms with van der Waals surface area (Å²) in [5.41, 5.74) is 0.259. The number of carboxylic acid groups (broad SMARTS) is 1. The van der Waals surface area contributed by atoms with E-state index in [1.54, 1.807) is 12.1 Å². The molecule has 0 unspecified atom stereocenters. The van der Waals surface area contributed by atoms with E-state index in [9.17, 15) is 9.18 Å². The number of aromatic carboxylic acids is 1. The van der Waals surface area contributed by atoms with E-state index < -0.39 is 11.8 Å². The molecule has 1 aromatic heterocycles. The van der Waals surface area contributed by atoms with Crippen molar-refractivity contribution in [2.24, 2.45) is 0 Å². The van der Waals surface area contributed by atoms with Gasteiger partial charge in [0.1, 0.15) is 5.82 Å². The van der Waals surface area contributed by atoms with Crippen LogP contribution in [0.4, 0.5) is 4.39 Å². The Hall–Kier alpha value is -2.21. The summed E-state index contributed by atoms with van der Waals surface area (Å²) in [7, 11) is 1.46. The lowest BCUT2D eigenvalue weighted by Gasteiger charge is -2.04. The second-order valence-corrected chi connectivity index (χ2v) is 3.59. The van der Waals surface area contributed by atoms with Crippen LogP contribution in [0.2, 0.25) is 0 Å². The zero-order chi connectivity index (χ0) is 13.1. The van der Waals surface area contributed by atoms with Gasteiger partial charge in [-0.3, -0.25) is 0 Å². The fourth-order valence-electron chi connectivity index (χ4n) is 1.54. The van der Waals surface area contributed by atoms with E-state index in [1.165, 1.54) is 19.2 Å². The molecular weight excluding hydrogens is 241 g/mol. The number of benzene rings is 1. The summed E-state index contributed by atoms with van der Waals surface area (Å²) >= 11 is 0. The molecular formula is C12H10FNO4. The van der Waals surface area contributed by atoms with Gasteiger partial charge in [-0.1, -0.05) is 17.3 Å². The third-order valence-electron chi connectivity index (χ3n) is 2.37. The molecule has 1 N–H and O–H groups in total. The number of ether oxygens (including phenoxy) is 1. The quantitative estimate of drug-likeness (QED) is 0.902. The standard InChI is InChI=1S/C12H10FNO4/c1-17-6-7-3-2-4-8(11(7)13)10-5-9(12(15)16)14-18-10/h2-5H,6H2,1H3,(H,15,16). The average molecular weight is 251 g/mol. The van der Waals surface area contributed by atoms with E-state index in [0.29, 0.717) is 5.56 Å². The average Bonchev–Trinajstić information content (AvgIpc) is 2.81. The third kappa shape index (κ3) is 2.23. The van der Waals surface area contributed by atoms with Crippen LogP contribution in [-0.4, -0.2) is 23.3 Å². The van der Waals surface area contributed by atoms with Crippen molar-refractivity contribution >= 4 is 5.97 Å². The van der Waals surface area contributed by atoms with Gasteiger partial charge in [-0.25, -0.2) is 9.18 Å². The van der Waals surface area contributed by atoms with E-state index >= 15 is 0 Å². The predicted octanol–water partition coefficient (Wildman–Crippen LogP) is 2.33. The Morgan fingerprint density at radius 3 is 2.94 bits per heavy atom. The molecule has 0 amide bonds. The second kappa shape index (κ2) is 4.97. The minimum atomic E-state index is -1.22. The molecule has 6 heteroatoms. The van der Waals surface area contributed by atoms with Crippen molar-refractivity contribution in [1.29, 1.82) is 0 Å². The fraction of sp³-hybridized carbons (Fsp3) is 0.167. The summed E-state index contributed by atoms with van der Waals surface area (Å²) in [5.74, 6) is -1.66. The molecule has 0 atom stereocenters. The molecule has 0 fully saturated rings. The summed E-state index contributed by atoms with van der Waals surface area (Å²) in [6.07, 6.45) is 0. The van der Waals surface area contributed by atoms with Crippen molar-refractivity contribution in [2.75, 3.05) is 7.11 Å². The Morgan fingerprint density at radius 2 is 2.33 bits per heavy atom. The number of carbonyl (C=O) groups is 1. The van der Waals surface area contributed by atoms with Gasteiger partial charge in [0.25, 0.3) is 0 Å². The maximum absolute atomic E-state index is 14.0. The number of hydrogen-bond acceptors (Lipinski definition) is 4. The lowest BCUT2D eigenvalue weighted by molar-refractivity contribution is 0.0686. The lowest BCUT2D eigenvalue weighted by atomic mass is 10.1. The molecule has 2 aromatic rings. The van der Waals surface area contributed by atoms with Gasteiger partial charge >= 0.3 is 5.97 Å². The maximum Gasteiger partial charge on any atom is 0.358 e. The Labute approximate surface area is 102 Å². The molecule has 0 aliphatic carbocycles. The topological polar surface area (TPSA) is 72.6 Å². The first-order chi connectivity index (χ1) is 8.63. The molecule has 1 heterocycles. The van der Waals surface area contributed by atoms with Crippen LogP contribution < -0.4 is 0 Å². The highest BCUT2D eigenvalue weighted by Crippen LogP contribution is 2.26. The van der Waals surface area contributed by atoms with Crippen LogP contribution in [0.25, 0.3) is 11.3 Å². The summed E-state index contributed by atoms with van der Waals surface area (Å²) in [4.78, 5) is 10.7. The number of hydrogen-bond donors (Lipinski definition) is 1. The molecule has 0 radical (unpaired) electrons. The van der Waals surface area contributed by atoms with Gasteiger partial charge < -0.3 is 14.4 Å². The van der Waals surface area contributed by atoms with Crippen molar-refractivity contribution in [2.45, 2.75) is 6.61 Å². The highest BCUT2D eigenvalue weighted by atomic mass is 19.1. The Morgan fingerprint density at radius 1 is 1.56 bits per heavy atom. The number of nitrogens with zero attached hydrogens (tertiary/aromatic N) is 1. The molecule has 18 heavy (non-hydrogen) atoms. The molecule has 0 aliphatic rings. The first-order valence-electron chi connectivity index (χ1n) is 5.10. The monoisotopic (exact) mass is 251 g/mol. The molecule has 0 saturated heterocycles. The Balaban J connectivity index is 2.43. The largest absolute Gasteiger partial charge is 0.476 e. The molecule has 0 spiro atoms. The van der Waals surface area contributed by atoms with Crippen molar-refractivity contribution in [3.63, 3.8) is 0 Å². The molecule has 2 rings (SSSR count). The minimum Gasteiger partial charge on any atom is -0.476 e. The zero-order valence-corrected chi connectivity index (χ0v) is 9.51. The van der Waals surface area contributed by atoms with Crippen molar-refractivity contribution in [1.82, 2.24) is 5.16 Å². The first-order valence-corrected chi connectivity index (χ1v) is 5.10. The van der Waals surface area contributed by atoms with Gasteiger partial charge in [0.05, 0.1) is 12.2 Å². The van der Waals surface area contributed by atoms with Gasteiger partial charge in [0.15, 0.2) is 11.5 Å².